The summed E-state index contributed by atoms with van der Waals surface area (Å²) in [7, 11) is -0.214. The highest BCUT2D eigenvalue weighted by atomic mass is 32.2. The van der Waals surface area contributed by atoms with Gasteiger partial charge in [0.05, 0.1) is 11.9 Å². The van der Waals surface area contributed by atoms with E-state index in [1.165, 1.54) is 15.6 Å². The van der Waals surface area contributed by atoms with Gasteiger partial charge in [0.1, 0.15) is 4.90 Å². The van der Waals surface area contributed by atoms with Crippen molar-refractivity contribution in [2.75, 3.05) is 4.72 Å². The van der Waals surface area contributed by atoms with Crippen molar-refractivity contribution in [2.24, 2.45) is 14.1 Å². The monoisotopic (exact) mass is 255 g/mol. The minimum absolute atomic E-state index is 0.158. The zero-order chi connectivity index (χ0) is 12.6. The van der Waals surface area contributed by atoms with Gasteiger partial charge in [0.25, 0.3) is 10.0 Å². The highest BCUT2D eigenvalue weighted by Crippen LogP contribution is 2.16. The Balaban J connectivity index is 2.34. The lowest BCUT2D eigenvalue weighted by molar-refractivity contribution is 0.599. The number of nitrogens with zero attached hydrogens (tertiary/aromatic N) is 4. The number of hydrogen-bond acceptors (Lipinski definition) is 4. The number of nitrogens with one attached hydrogen (secondary N) is 1. The van der Waals surface area contributed by atoms with E-state index in [0.29, 0.717) is 5.69 Å². The molecule has 0 atom stereocenters. The Morgan fingerprint density at radius 2 is 2.06 bits per heavy atom. The van der Waals surface area contributed by atoms with Crippen LogP contribution in [0.5, 0.6) is 0 Å². The van der Waals surface area contributed by atoms with Crippen LogP contribution in [0, 0.1) is 6.92 Å². The van der Waals surface area contributed by atoms with Gasteiger partial charge in [-0.25, -0.2) is 8.42 Å². The number of hydrogen-bond donors (Lipinski definition) is 1. The summed E-state index contributed by atoms with van der Waals surface area (Å²) in [6.45, 7) is 1.69. The zero-order valence-electron chi connectivity index (χ0n) is 9.75. The van der Waals surface area contributed by atoms with Gasteiger partial charge >= 0.3 is 0 Å². The van der Waals surface area contributed by atoms with Crippen LogP contribution in [0.4, 0.5) is 5.82 Å². The van der Waals surface area contributed by atoms with Gasteiger partial charge in [0, 0.05) is 26.4 Å². The molecule has 0 spiro atoms. The predicted octanol–water partition coefficient (Wildman–Crippen LogP) is 0.263. The second kappa shape index (κ2) is 3.88. The fourth-order valence-electron chi connectivity index (χ4n) is 1.40. The predicted molar refractivity (Wildman–Crippen MR) is 62.0 cm³/mol. The number of aromatic nitrogens is 4. The van der Waals surface area contributed by atoms with Gasteiger partial charge in [-0.3, -0.25) is 14.1 Å². The van der Waals surface area contributed by atoms with E-state index in [-0.39, 0.29) is 10.7 Å². The van der Waals surface area contributed by atoms with Crippen molar-refractivity contribution in [2.45, 2.75) is 11.8 Å². The van der Waals surface area contributed by atoms with Crippen LogP contribution in [0.25, 0.3) is 0 Å². The fraction of sp³-hybridized carbons (Fsp3) is 0.333. The van der Waals surface area contributed by atoms with Crippen LogP contribution in [0.1, 0.15) is 5.69 Å². The van der Waals surface area contributed by atoms with Gasteiger partial charge in [-0.15, -0.1) is 0 Å². The molecule has 17 heavy (non-hydrogen) atoms. The number of aryl methyl sites for hydroxylation is 2. The van der Waals surface area contributed by atoms with E-state index in [2.05, 4.69) is 14.9 Å². The van der Waals surface area contributed by atoms with Crippen LogP contribution in [-0.4, -0.2) is 28.0 Å². The maximum absolute atomic E-state index is 12.0. The molecule has 0 saturated heterocycles. The number of sulfonamides is 1. The quantitative estimate of drug-likeness (QED) is 0.853. The third-order valence-corrected chi connectivity index (χ3v) is 3.89. The van der Waals surface area contributed by atoms with E-state index in [9.17, 15) is 8.42 Å². The molecule has 2 rings (SSSR count). The topological polar surface area (TPSA) is 81.8 Å². The number of anilines is 1. The van der Waals surface area contributed by atoms with Gasteiger partial charge in [-0.1, -0.05) is 0 Å². The summed E-state index contributed by atoms with van der Waals surface area (Å²) in [5.74, 6) is 0.288. The SMILES string of the molecule is Cc1c(S(=O)(=O)Nc2ccn(C)n2)cnn1C. The highest BCUT2D eigenvalue weighted by Gasteiger charge is 2.20. The molecule has 0 unspecified atom stereocenters. The van der Waals surface area contributed by atoms with Crippen molar-refractivity contribution < 1.29 is 8.42 Å². The number of rotatable bonds is 3. The molecular formula is C9H13N5O2S. The molecule has 0 fully saturated rings. The lowest BCUT2D eigenvalue weighted by atomic mass is 10.5. The first-order valence-corrected chi connectivity index (χ1v) is 6.39. The van der Waals surface area contributed by atoms with E-state index in [0.717, 1.165) is 0 Å². The van der Waals surface area contributed by atoms with Crippen LogP contribution in [-0.2, 0) is 24.1 Å². The first kappa shape index (κ1) is 11.6. The Labute approximate surface area is 99.1 Å². The van der Waals surface area contributed by atoms with Crippen LogP contribution in [0.2, 0.25) is 0 Å². The molecule has 2 aromatic heterocycles. The molecule has 0 saturated carbocycles. The Bertz CT molecular complexity index is 640. The van der Waals surface area contributed by atoms with E-state index < -0.39 is 10.0 Å². The summed E-state index contributed by atoms with van der Waals surface area (Å²) in [4.78, 5) is 0.158. The van der Waals surface area contributed by atoms with Crippen molar-refractivity contribution in [3.8, 4) is 0 Å². The van der Waals surface area contributed by atoms with Crippen molar-refractivity contribution in [3.05, 3.63) is 24.2 Å². The molecule has 7 nitrogen and oxygen atoms in total. The van der Waals surface area contributed by atoms with E-state index in [1.54, 1.807) is 33.3 Å². The molecule has 0 aliphatic rings. The average molecular weight is 255 g/mol. The zero-order valence-corrected chi connectivity index (χ0v) is 10.6. The fourth-order valence-corrected chi connectivity index (χ4v) is 2.61. The lowest BCUT2D eigenvalue weighted by Gasteiger charge is -2.04. The first-order chi connectivity index (χ1) is 7.90. The van der Waals surface area contributed by atoms with E-state index in [1.807, 2.05) is 0 Å². The van der Waals surface area contributed by atoms with Crippen LogP contribution in [0.15, 0.2) is 23.4 Å². The largest absolute Gasteiger partial charge is 0.274 e. The molecule has 2 aromatic rings. The standard InChI is InChI=1S/C9H13N5O2S/c1-7-8(6-10-14(7)3)17(15,16)12-9-4-5-13(2)11-9/h4-6H,1-3H3,(H,11,12). The molecule has 8 heteroatoms. The molecule has 0 aromatic carbocycles. The van der Waals surface area contributed by atoms with E-state index in [4.69, 9.17) is 0 Å². The van der Waals surface area contributed by atoms with Gasteiger partial charge in [0.2, 0.25) is 0 Å². The molecular weight excluding hydrogens is 242 g/mol. The van der Waals surface area contributed by atoms with Crippen LogP contribution in [0.3, 0.4) is 0 Å². The van der Waals surface area contributed by atoms with Gasteiger partial charge in [-0.05, 0) is 6.92 Å². The third kappa shape index (κ3) is 2.16. The third-order valence-electron chi connectivity index (χ3n) is 2.43. The Morgan fingerprint density at radius 1 is 1.35 bits per heavy atom. The summed E-state index contributed by atoms with van der Waals surface area (Å²) < 4.78 is 29.5. The van der Waals surface area contributed by atoms with Crippen LogP contribution < -0.4 is 4.72 Å². The summed E-state index contributed by atoms with van der Waals surface area (Å²) >= 11 is 0. The normalized spacial score (nSPS) is 11.7. The smallest absolute Gasteiger partial charge is 0.266 e. The molecule has 1 N–H and O–H groups in total. The van der Waals surface area contributed by atoms with Crippen LogP contribution >= 0.6 is 0 Å². The summed E-state index contributed by atoms with van der Waals surface area (Å²) in [5.41, 5.74) is 0.577. The molecule has 92 valence electrons. The second-order valence-corrected chi connectivity index (χ2v) is 5.35. The van der Waals surface area contributed by atoms with Gasteiger partial charge < -0.3 is 0 Å². The molecule has 0 aliphatic heterocycles. The summed E-state index contributed by atoms with van der Waals surface area (Å²) in [5, 5.41) is 7.86. The minimum atomic E-state index is -3.62. The molecule has 2 heterocycles. The Hall–Kier alpha value is -1.83. The summed E-state index contributed by atoms with van der Waals surface area (Å²) in [6.07, 6.45) is 2.98. The maximum atomic E-state index is 12.0. The van der Waals surface area contributed by atoms with Gasteiger partial charge in [0.15, 0.2) is 5.82 Å². The van der Waals surface area contributed by atoms with Crippen molar-refractivity contribution in [1.29, 1.82) is 0 Å². The molecule has 0 amide bonds. The lowest BCUT2D eigenvalue weighted by Crippen LogP contribution is -2.14. The Kier molecular flexibility index (Phi) is 2.66. The minimum Gasteiger partial charge on any atom is -0.274 e. The molecule has 0 aliphatic carbocycles. The first-order valence-electron chi connectivity index (χ1n) is 4.91. The molecule has 0 radical (unpaired) electrons. The Morgan fingerprint density at radius 3 is 2.53 bits per heavy atom. The second-order valence-electron chi connectivity index (χ2n) is 3.70. The van der Waals surface area contributed by atoms with Gasteiger partial charge in [-0.2, -0.15) is 10.2 Å². The van der Waals surface area contributed by atoms with Crippen molar-refractivity contribution in [3.63, 3.8) is 0 Å². The average Bonchev–Trinajstić information content (AvgIpc) is 2.75. The highest BCUT2D eigenvalue weighted by molar-refractivity contribution is 7.92. The maximum Gasteiger partial charge on any atom is 0.266 e. The molecule has 0 bridgehead atoms. The summed E-state index contributed by atoms with van der Waals surface area (Å²) in [6, 6.07) is 1.59. The van der Waals surface area contributed by atoms with E-state index >= 15 is 0 Å². The van der Waals surface area contributed by atoms with Crippen molar-refractivity contribution >= 4 is 15.8 Å². The van der Waals surface area contributed by atoms with Crippen molar-refractivity contribution in [1.82, 2.24) is 19.6 Å².